The molecule has 1 saturated heterocycles. The van der Waals surface area contributed by atoms with E-state index < -0.39 is 0 Å². The molecule has 150 valence electrons. The third kappa shape index (κ3) is 3.04. The first-order valence-electron chi connectivity index (χ1n) is 11.7. The second-order valence-corrected chi connectivity index (χ2v) is 9.93. The number of rotatable bonds is 3. The second-order valence-electron chi connectivity index (χ2n) is 9.93. The highest BCUT2D eigenvalue weighted by atomic mass is 16.7. The molecule has 5 rings (SSSR count). The summed E-state index contributed by atoms with van der Waals surface area (Å²) in [5.41, 5.74) is 1.88. The van der Waals surface area contributed by atoms with Gasteiger partial charge in [-0.2, -0.15) is 0 Å². The van der Waals surface area contributed by atoms with Gasteiger partial charge in [-0.1, -0.05) is 12.5 Å². The summed E-state index contributed by atoms with van der Waals surface area (Å²) in [5, 5.41) is 0. The molecule has 1 aliphatic heterocycles. The van der Waals surface area contributed by atoms with E-state index in [0.717, 1.165) is 43.6 Å². The molecule has 0 amide bonds. The zero-order valence-electron chi connectivity index (χ0n) is 17.0. The Bertz CT molecular complexity index is 605. The Labute approximate surface area is 164 Å². The van der Waals surface area contributed by atoms with Gasteiger partial charge >= 0.3 is 0 Å². The Balaban J connectivity index is 1.35. The number of carbonyl (C=O) groups excluding carboxylic acids is 1. The Kier molecular flexibility index (Phi) is 4.96. The average Bonchev–Trinajstić information content (AvgIpc) is 3.07. The number of ketones is 1. The van der Waals surface area contributed by atoms with Crippen LogP contribution in [0.4, 0.5) is 0 Å². The summed E-state index contributed by atoms with van der Waals surface area (Å²) in [5.74, 6) is 3.59. The van der Waals surface area contributed by atoms with Crippen molar-refractivity contribution in [1.82, 2.24) is 0 Å². The standard InChI is InChI=1S/C24H36O3/c1-2-24-13-12-19-18-9-7-17(25)15-16(18)6-8-20(19)21(24)10-11-22(24)27-23-5-3-4-14-26-23/h15,18-23H,2-14H2,1H3/t18-,19+,20+,21-,22-,23?,24?/m0/s1. The van der Waals surface area contributed by atoms with E-state index in [0.29, 0.717) is 23.2 Å². The van der Waals surface area contributed by atoms with E-state index in [9.17, 15) is 4.79 Å². The van der Waals surface area contributed by atoms with Gasteiger partial charge in [-0.25, -0.2) is 0 Å². The molecule has 0 aromatic carbocycles. The first-order valence-corrected chi connectivity index (χ1v) is 11.7. The molecular weight excluding hydrogens is 336 g/mol. The lowest BCUT2D eigenvalue weighted by Crippen LogP contribution is -2.50. The molecule has 3 heteroatoms. The van der Waals surface area contributed by atoms with Crippen molar-refractivity contribution in [3.05, 3.63) is 11.6 Å². The van der Waals surface area contributed by atoms with Gasteiger partial charge in [-0.15, -0.1) is 0 Å². The zero-order chi connectivity index (χ0) is 18.4. The van der Waals surface area contributed by atoms with Gasteiger partial charge in [0.05, 0.1) is 6.10 Å². The molecule has 0 bridgehead atoms. The lowest BCUT2D eigenvalue weighted by Gasteiger charge is -2.55. The van der Waals surface area contributed by atoms with Crippen molar-refractivity contribution in [1.29, 1.82) is 0 Å². The molecule has 0 spiro atoms. The van der Waals surface area contributed by atoms with E-state index in [2.05, 4.69) is 6.92 Å². The third-order valence-corrected chi connectivity index (χ3v) is 9.05. The van der Waals surface area contributed by atoms with Crippen LogP contribution in [0.25, 0.3) is 0 Å². The fourth-order valence-electron chi connectivity index (χ4n) is 7.82. The zero-order valence-corrected chi connectivity index (χ0v) is 17.0. The maximum absolute atomic E-state index is 11.9. The van der Waals surface area contributed by atoms with Gasteiger partial charge in [0.2, 0.25) is 0 Å². The Morgan fingerprint density at radius 1 is 1.07 bits per heavy atom. The predicted molar refractivity (Wildman–Crippen MR) is 105 cm³/mol. The molecule has 0 N–H and O–H groups in total. The van der Waals surface area contributed by atoms with Crippen LogP contribution in [0.15, 0.2) is 11.6 Å². The fraction of sp³-hybridized carbons (Fsp3) is 0.875. The molecule has 27 heavy (non-hydrogen) atoms. The first-order chi connectivity index (χ1) is 13.2. The minimum atomic E-state index is 0.0499. The largest absolute Gasteiger partial charge is 0.353 e. The smallest absolute Gasteiger partial charge is 0.157 e. The molecule has 4 fully saturated rings. The lowest BCUT2D eigenvalue weighted by atomic mass is 9.51. The number of hydrogen-bond acceptors (Lipinski definition) is 3. The van der Waals surface area contributed by atoms with Crippen LogP contribution in [0, 0.1) is 29.1 Å². The normalized spacial score (nSPS) is 47.0. The molecule has 0 aromatic heterocycles. The number of allylic oxidation sites excluding steroid dienone is 1. The quantitative estimate of drug-likeness (QED) is 0.662. The molecular formula is C24H36O3. The number of carbonyl (C=O) groups is 1. The number of fused-ring (bicyclic) bond motifs is 5. The molecule has 0 aromatic rings. The van der Waals surface area contributed by atoms with Crippen molar-refractivity contribution >= 4 is 5.78 Å². The van der Waals surface area contributed by atoms with Crippen molar-refractivity contribution in [2.75, 3.05) is 6.61 Å². The van der Waals surface area contributed by atoms with Gasteiger partial charge in [0, 0.05) is 13.0 Å². The van der Waals surface area contributed by atoms with Crippen LogP contribution in [0.1, 0.15) is 84.0 Å². The van der Waals surface area contributed by atoms with Crippen LogP contribution in [0.2, 0.25) is 0 Å². The van der Waals surface area contributed by atoms with Gasteiger partial charge in [0.15, 0.2) is 12.1 Å². The minimum Gasteiger partial charge on any atom is -0.353 e. The highest BCUT2D eigenvalue weighted by Crippen LogP contribution is 2.63. The van der Waals surface area contributed by atoms with Crippen LogP contribution >= 0.6 is 0 Å². The highest BCUT2D eigenvalue weighted by Gasteiger charge is 2.58. The maximum atomic E-state index is 11.9. The van der Waals surface area contributed by atoms with Crippen LogP contribution in [-0.4, -0.2) is 24.8 Å². The molecule has 2 unspecified atom stereocenters. The van der Waals surface area contributed by atoms with E-state index >= 15 is 0 Å². The van der Waals surface area contributed by atoms with Gasteiger partial charge in [0.1, 0.15) is 0 Å². The van der Waals surface area contributed by atoms with E-state index in [1.807, 2.05) is 6.08 Å². The van der Waals surface area contributed by atoms with Gasteiger partial charge < -0.3 is 9.47 Å². The molecule has 3 nitrogen and oxygen atoms in total. The first kappa shape index (κ1) is 18.4. The summed E-state index contributed by atoms with van der Waals surface area (Å²) in [7, 11) is 0. The average molecular weight is 373 g/mol. The molecule has 7 atom stereocenters. The summed E-state index contributed by atoms with van der Waals surface area (Å²) in [6.07, 6.45) is 16.9. The van der Waals surface area contributed by atoms with Crippen LogP contribution < -0.4 is 0 Å². The summed E-state index contributed by atoms with van der Waals surface area (Å²) in [6.45, 7) is 3.28. The Morgan fingerprint density at radius 2 is 2.00 bits per heavy atom. The van der Waals surface area contributed by atoms with Crippen molar-refractivity contribution in [2.24, 2.45) is 29.1 Å². The summed E-state index contributed by atoms with van der Waals surface area (Å²) in [4.78, 5) is 11.9. The van der Waals surface area contributed by atoms with Crippen molar-refractivity contribution in [3.8, 4) is 0 Å². The topological polar surface area (TPSA) is 35.5 Å². The van der Waals surface area contributed by atoms with Crippen molar-refractivity contribution in [2.45, 2.75) is 96.4 Å². The molecule has 3 saturated carbocycles. The minimum absolute atomic E-state index is 0.0499. The number of ether oxygens (including phenoxy) is 2. The van der Waals surface area contributed by atoms with E-state index in [-0.39, 0.29) is 6.29 Å². The molecule has 4 aliphatic carbocycles. The summed E-state index contributed by atoms with van der Waals surface area (Å²) in [6, 6.07) is 0. The summed E-state index contributed by atoms with van der Waals surface area (Å²) >= 11 is 0. The van der Waals surface area contributed by atoms with E-state index in [4.69, 9.17) is 9.47 Å². The van der Waals surface area contributed by atoms with E-state index in [1.165, 1.54) is 63.4 Å². The monoisotopic (exact) mass is 372 g/mol. The SMILES string of the molecule is CCC12CC[C@H]3[C@@H](CCC4=CC(=O)CC[C@@H]43)[C@@H]1CC[C@@H]2OC1CCCCO1. The maximum Gasteiger partial charge on any atom is 0.157 e. The van der Waals surface area contributed by atoms with E-state index in [1.54, 1.807) is 0 Å². The van der Waals surface area contributed by atoms with Crippen LogP contribution in [0.5, 0.6) is 0 Å². The molecule has 5 aliphatic rings. The van der Waals surface area contributed by atoms with Crippen molar-refractivity contribution in [3.63, 3.8) is 0 Å². The Morgan fingerprint density at radius 3 is 2.81 bits per heavy atom. The fourth-order valence-corrected chi connectivity index (χ4v) is 7.82. The number of hydrogen-bond donors (Lipinski definition) is 0. The van der Waals surface area contributed by atoms with Gasteiger partial charge in [0.25, 0.3) is 0 Å². The molecule has 0 radical (unpaired) electrons. The summed E-state index contributed by atoms with van der Waals surface area (Å²) < 4.78 is 12.6. The predicted octanol–water partition coefficient (Wildman–Crippen LogP) is 5.43. The highest BCUT2D eigenvalue weighted by molar-refractivity contribution is 5.91. The lowest BCUT2D eigenvalue weighted by molar-refractivity contribution is -0.218. The van der Waals surface area contributed by atoms with Crippen molar-refractivity contribution < 1.29 is 14.3 Å². The van der Waals surface area contributed by atoms with Gasteiger partial charge in [-0.3, -0.25) is 4.79 Å². The Hall–Kier alpha value is -0.670. The molecule has 1 heterocycles. The van der Waals surface area contributed by atoms with Crippen LogP contribution in [-0.2, 0) is 14.3 Å². The van der Waals surface area contributed by atoms with Gasteiger partial charge in [-0.05, 0) is 106 Å². The van der Waals surface area contributed by atoms with Crippen LogP contribution in [0.3, 0.4) is 0 Å². The second kappa shape index (κ2) is 7.30. The third-order valence-electron chi connectivity index (χ3n) is 9.05.